The lowest BCUT2D eigenvalue weighted by molar-refractivity contribution is -0.116. The zero-order valence-corrected chi connectivity index (χ0v) is 5.26. The fourth-order valence-electron chi connectivity index (χ4n) is 0.299. The minimum Gasteiger partial charge on any atom is -0.381 e. The predicted molar refractivity (Wildman–Crippen MR) is 33.3 cm³/mol. The van der Waals surface area contributed by atoms with E-state index in [1.165, 1.54) is 6.08 Å². The molecule has 0 aliphatic heterocycles. The molecule has 0 saturated carbocycles. The highest BCUT2D eigenvalue weighted by Gasteiger charge is 1.84. The SMILES string of the molecule is COC/C=C\C(=O)NN. The van der Waals surface area contributed by atoms with Gasteiger partial charge in [-0.15, -0.1) is 0 Å². The van der Waals surface area contributed by atoms with Crippen molar-refractivity contribution >= 4 is 5.91 Å². The standard InChI is InChI=1S/C5H10N2O2/c1-9-4-2-3-5(8)7-6/h2-3H,4,6H2,1H3,(H,7,8)/b3-2-. The third-order valence-corrected chi connectivity index (χ3v) is 0.674. The van der Waals surface area contributed by atoms with E-state index in [-0.39, 0.29) is 5.91 Å². The second-order valence-electron chi connectivity index (χ2n) is 1.37. The lowest BCUT2D eigenvalue weighted by Crippen LogP contribution is -2.28. The van der Waals surface area contributed by atoms with E-state index in [0.29, 0.717) is 6.61 Å². The minimum atomic E-state index is -0.327. The molecule has 0 spiro atoms. The van der Waals surface area contributed by atoms with E-state index in [9.17, 15) is 4.79 Å². The van der Waals surface area contributed by atoms with E-state index in [1.807, 2.05) is 5.43 Å². The molecule has 4 nitrogen and oxygen atoms in total. The molecule has 0 heterocycles. The number of rotatable bonds is 3. The van der Waals surface area contributed by atoms with Crippen LogP contribution in [0.15, 0.2) is 12.2 Å². The third-order valence-electron chi connectivity index (χ3n) is 0.674. The van der Waals surface area contributed by atoms with Crippen molar-refractivity contribution in [3.8, 4) is 0 Å². The number of nitrogens with one attached hydrogen (secondary N) is 1. The Kier molecular flexibility index (Phi) is 4.76. The molecule has 0 aliphatic carbocycles. The summed E-state index contributed by atoms with van der Waals surface area (Å²) in [7, 11) is 1.55. The number of amides is 1. The second-order valence-corrected chi connectivity index (χ2v) is 1.37. The van der Waals surface area contributed by atoms with Crippen molar-refractivity contribution in [3.05, 3.63) is 12.2 Å². The molecule has 0 saturated heterocycles. The van der Waals surface area contributed by atoms with E-state index in [0.717, 1.165) is 0 Å². The molecule has 9 heavy (non-hydrogen) atoms. The maximum Gasteiger partial charge on any atom is 0.257 e. The van der Waals surface area contributed by atoms with Gasteiger partial charge in [-0.05, 0) is 0 Å². The van der Waals surface area contributed by atoms with Crippen LogP contribution in [0.2, 0.25) is 0 Å². The smallest absolute Gasteiger partial charge is 0.257 e. The number of hydrogen-bond acceptors (Lipinski definition) is 3. The van der Waals surface area contributed by atoms with Crippen LogP contribution >= 0.6 is 0 Å². The van der Waals surface area contributed by atoms with Gasteiger partial charge in [0.05, 0.1) is 6.61 Å². The molecular weight excluding hydrogens is 120 g/mol. The van der Waals surface area contributed by atoms with Gasteiger partial charge in [-0.2, -0.15) is 0 Å². The van der Waals surface area contributed by atoms with Gasteiger partial charge in [-0.25, -0.2) is 5.84 Å². The Bertz CT molecular complexity index is 112. The molecule has 0 rings (SSSR count). The Morgan fingerprint density at radius 3 is 3.00 bits per heavy atom. The Morgan fingerprint density at radius 1 is 1.89 bits per heavy atom. The number of methoxy groups -OCH3 is 1. The monoisotopic (exact) mass is 130 g/mol. The molecule has 0 bridgehead atoms. The van der Waals surface area contributed by atoms with Crippen LogP contribution in [0.1, 0.15) is 0 Å². The van der Waals surface area contributed by atoms with Gasteiger partial charge in [0.25, 0.3) is 5.91 Å². The third kappa shape index (κ3) is 4.99. The summed E-state index contributed by atoms with van der Waals surface area (Å²) in [5.41, 5.74) is 1.94. The summed E-state index contributed by atoms with van der Waals surface area (Å²) in [6.45, 7) is 0.424. The van der Waals surface area contributed by atoms with Crippen LogP contribution in [-0.2, 0) is 9.53 Å². The quantitative estimate of drug-likeness (QED) is 0.227. The second kappa shape index (κ2) is 5.27. The molecule has 0 aromatic rings. The normalized spacial score (nSPS) is 10.0. The Labute approximate surface area is 53.6 Å². The van der Waals surface area contributed by atoms with E-state index < -0.39 is 0 Å². The van der Waals surface area contributed by atoms with Gasteiger partial charge in [-0.1, -0.05) is 6.08 Å². The van der Waals surface area contributed by atoms with Crippen LogP contribution in [0.3, 0.4) is 0 Å². The van der Waals surface area contributed by atoms with Crippen molar-refractivity contribution in [2.45, 2.75) is 0 Å². The summed E-state index contributed by atoms with van der Waals surface area (Å²) in [5, 5.41) is 0. The molecule has 0 aromatic heterocycles. The first-order valence-electron chi connectivity index (χ1n) is 2.47. The molecule has 52 valence electrons. The highest BCUT2D eigenvalue weighted by molar-refractivity contribution is 5.86. The van der Waals surface area contributed by atoms with Gasteiger partial charge in [0.1, 0.15) is 0 Å². The van der Waals surface area contributed by atoms with Crippen molar-refractivity contribution in [1.82, 2.24) is 5.43 Å². The van der Waals surface area contributed by atoms with Crippen LogP contribution < -0.4 is 11.3 Å². The van der Waals surface area contributed by atoms with Gasteiger partial charge in [0.2, 0.25) is 0 Å². The van der Waals surface area contributed by atoms with Gasteiger partial charge < -0.3 is 4.74 Å². The molecule has 4 heteroatoms. The van der Waals surface area contributed by atoms with Gasteiger partial charge in [-0.3, -0.25) is 10.2 Å². The number of hydrogen-bond donors (Lipinski definition) is 2. The molecule has 3 N–H and O–H groups in total. The lowest BCUT2D eigenvalue weighted by Gasteiger charge is -1.88. The number of nitrogens with two attached hydrogens (primary N) is 1. The molecule has 0 fully saturated rings. The van der Waals surface area contributed by atoms with Crippen LogP contribution in [0, 0.1) is 0 Å². The number of hydrazine groups is 1. The van der Waals surface area contributed by atoms with Crippen molar-refractivity contribution in [2.75, 3.05) is 13.7 Å². The van der Waals surface area contributed by atoms with E-state index in [4.69, 9.17) is 5.84 Å². The highest BCUT2D eigenvalue weighted by atomic mass is 16.5. The van der Waals surface area contributed by atoms with Crippen molar-refractivity contribution < 1.29 is 9.53 Å². The molecular formula is C5H10N2O2. The first-order chi connectivity index (χ1) is 4.31. The number of carbonyl (C=O) groups excluding carboxylic acids is 1. The average Bonchev–Trinajstić information content (AvgIpc) is 1.89. The van der Waals surface area contributed by atoms with Gasteiger partial charge in [0, 0.05) is 13.2 Å². The zero-order valence-electron chi connectivity index (χ0n) is 5.26. The minimum absolute atomic E-state index is 0.327. The molecule has 0 atom stereocenters. The number of carbonyl (C=O) groups is 1. The van der Waals surface area contributed by atoms with Crippen molar-refractivity contribution in [3.63, 3.8) is 0 Å². The summed E-state index contributed by atoms with van der Waals surface area (Å²) in [6.07, 6.45) is 2.88. The first kappa shape index (κ1) is 8.13. The van der Waals surface area contributed by atoms with Crippen LogP contribution in [0.4, 0.5) is 0 Å². The summed E-state index contributed by atoms with van der Waals surface area (Å²) >= 11 is 0. The van der Waals surface area contributed by atoms with Crippen molar-refractivity contribution in [2.24, 2.45) is 5.84 Å². The van der Waals surface area contributed by atoms with E-state index in [2.05, 4.69) is 4.74 Å². The summed E-state index contributed by atoms with van der Waals surface area (Å²) in [5.74, 6) is 4.44. The maximum absolute atomic E-state index is 10.3. The maximum atomic E-state index is 10.3. The molecule has 0 aliphatic rings. The summed E-state index contributed by atoms with van der Waals surface area (Å²) in [6, 6.07) is 0. The van der Waals surface area contributed by atoms with Crippen LogP contribution in [0.25, 0.3) is 0 Å². The van der Waals surface area contributed by atoms with Crippen molar-refractivity contribution in [1.29, 1.82) is 0 Å². The Balaban J connectivity index is 3.32. The summed E-state index contributed by atoms with van der Waals surface area (Å²) in [4.78, 5) is 10.3. The van der Waals surface area contributed by atoms with E-state index in [1.54, 1.807) is 13.2 Å². The fraction of sp³-hybridized carbons (Fsp3) is 0.400. The Hall–Kier alpha value is -0.870. The molecule has 0 radical (unpaired) electrons. The lowest BCUT2D eigenvalue weighted by atomic mass is 10.5. The first-order valence-corrected chi connectivity index (χ1v) is 2.47. The van der Waals surface area contributed by atoms with E-state index >= 15 is 0 Å². The number of ether oxygens (including phenoxy) is 1. The van der Waals surface area contributed by atoms with Crippen LogP contribution in [-0.4, -0.2) is 19.6 Å². The average molecular weight is 130 g/mol. The van der Waals surface area contributed by atoms with Gasteiger partial charge in [0.15, 0.2) is 0 Å². The highest BCUT2D eigenvalue weighted by Crippen LogP contribution is 1.72. The topological polar surface area (TPSA) is 64.3 Å². The van der Waals surface area contributed by atoms with Gasteiger partial charge >= 0.3 is 0 Å². The predicted octanol–water partition coefficient (Wildman–Crippen LogP) is -0.821. The molecule has 0 aromatic carbocycles. The largest absolute Gasteiger partial charge is 0.381 e. The zero-order chi connectivity index (χ0) is 7.11. The molecule has 0 unspecified atom stereocenters. The summed E-state index contributed by atoms with van der Waals surface area (Å²) < 4.78 is 4.63. The van der Waals surface area contributed by atoms with Crippen LogP contribution in [0.5, 0.6) is 0 Å². The Morgan fingerprint density at radius 2 is 2.56 bits per heavy atom. The molecule has 1 amide bonds. The fourth-order valence-corrected chi connectivity index (χ4v) is 0.299.